The molecular weight excluding hydrogens is 242 g/mol. The number of hydrogen-bond donors (Lipinski definition) is 3. The molecule has 1 amide bonds. The molecule has 4 N–H and O–H groups in total. The number of carbonyl (C=O) groups is 2. The Balaban J connectivity index is 2.93. The summed E-state index contributed by atoms with van der Waals surface area (Å²) in [5, 5.41) is 21.7. The van der Waals surface area contributed by atoms with E-state index in [1.165, 1.54) is 12.1 Å². The lowest BCUT2D eigenvalue weighted by Gasteiger charge is -2.08. The van der Waals surface area contributed by atoms with Gasteiger partial charge < -0.3 is 16.2 Å². The van der Waals surface area contributed by atoms with Gasteiger partial charge in [-0.1, -0.05) is 0 Å². The van der Waals surface area contributed by atoms with Crippen molar-refractivity contribution in [2.45, 2.75) is 6.42 Å². The maximum absolute atomic E-state index is 11.1. The second kappa shape index (κ2) is 5.62. The number of nitrogens with zero attached hydrogens (tertiary/aromatic N) is 1. The van der Waals surface area contributed by atoms with Crippen LogP contribution in [0.4, 0.5) is 11.4 Å². The summed E-state index contributed by atoms with van der Waals surface area (Å²) < 4.78 is 0. The third-order valence-electron chi connectivity index (χ3n) is 2.13. The van der Waals surface area contributed by atoms with Gasteiger partial charge >= 0.3 is 5.97 Å². The Morgan fingerprint density at radius 1 is 1.44 bits per heavy atom. The molecule has 0 radical (unpaired) electrons. The average molecular weight is 253 g/mol. The lowest BCUT2D eigenvalue weighted by molar-refractivity contribution is -0.384. The standard InChI is InChI=1S/C10H11N3O5/c11-10(16)7-5-6(13(17)18)1-2-8(7)12-4-3-9(14)15/h1-2,5,12H,3-4H2,(H2,11,16)(H,14,15). The molecule has 0 spiro atoms. The molecule has 0 unspecified atom stereocenters. The first-order valence-corrected chi connectivity index (χ1v) is 4.95. The highest BCUT2D eigenvalue weighted by atomic mass is 16.6. The Morgan fingerprint density at radius 2 is 2.11 bits per heavy atom. The second-order valence-corrected chi connectivity index (χ2v) is 3.42. The molecule has 8 nitrogen and oxygen atoms in total. The number of nitrogens with two attached hydrogens (primary N) is 1. The van der Waals surface area contributed by atoms with Gasteiger partial charge in [0, 0.05) is 24.4 Å². The van der Waals surface area contributed by atoms with Crippen LogP contribution >= 0.6 is 0 Å². The molecule has 0 fully saturated rings. The number of primary amides is 1. The molecule has 1 aromatic rings. The van der Waals surface area contributed by atoms with E-state index in [-0.39, 0.29) is 29.9 Å². The van der Waals surface area contributed by atoms with Crippen molar-refractivity contribution in [2.24, 2.45) is 5.73 Å². The summed E-state index contributed by atoms with van der Waals surface area (Å²) in [6, 6.07) is 3.57. The Kier molecular flexibility index (Phi) is 4.19. The lowest BCUT2D eigenvalue weighted by Crippen LogP contribution is -2.16. The summed E-state index contributed by atoms with van der Waals surface area (Å²) in [6.45, 7) is 0.0907. The highest BCUT2D eigenvalue weighted by molar-refractivity contribution is 5.99. The van der Waals surface area contributed by atoms with Crippen molar-refractivity contribution in [3.05, 3.63) is 33.9 Å². The van der Waals surface area contributed by atoms with Crippen molar-refractivity contribution in [1.82, 2.24) is 0 Å². The molecule has 0 aliphatic carbocycles. The first-order valence-electron chi connectivity index (χ1n) is 4.95. The molecule has 0 bridgehead atoms. The normalized spacial score (nSPS) is 9.78. The summed E-state index contributed by atoms with van der Waals surface area (Å²) in [4.78, 5) is 31.4. The van der Waals surface area contributed by atoms with Crippen molar-refractivity contribution in [3.8, 4) is 0 Å². The zero-order chi connectivity index (χ0) is 13.7. The molecule has 0 aromatic heterocycles. The Morgan fingerprint density at radius 3 is 2.61 bits per heavy atom. The minimum atomic E-state index is -0.995. The molecule has 1 rings (SSSR count). The van der Waals surface area contributed by atoms with Gasteiger partial charge in [0.05, 0.1) is 16.9 Å². The van der Waals surface area contributed by atoms with E-state index in [0.717, 1.165) is 6.07 Å². The predicted molar refractivity (Wildman–Crippen MR) is 62.4 cm³/mol. The number of aliphatic carboxylic acids is 1. The van der Waals surface area contributed by atoms with Crippen LogP contribution < -0.4 is 11.1 Å². The SMILES string of the molecule is NC(=O)c1cc([N+](=O)[O-])ccc1NCCC(=O)O. The fourth-order valence-electron chi connectivity index (χ4n) is 1.31. The molecule has 0 aliphatic heterocycles. The number of nitro benzene ring substituents is 1. The third-order valence-corrected chi connectivity index (χ3v) is 2.13. The summed E-state index contributed by atoms with van der Waals surface area (Å²) in [6.07, 6.45) is -0.144. The topological polar surface area (TPSA) is 136 Å². The van der Waals surface area contributed by atoms with Gasteiger partial charge in [-0.15, -0.1) is 0 Å². The van der Waals surface area contributed by atoms with Crippen molar-refractivity contribution in [2.75, 3.05) is 11.9 Å². The van der Waals surface area contributed by atoms with E-state index in [9.17, 15) is 19.7 Å². The smallest absolute Gasteiger partial charge is 0.305 e. The third kappa shape index (κ3) is 3.44. The highest BCUT2D eigenvalue weighted by Gasteiger charge is 2.14. The van der Waals surface area contributed by atoms with Crippen molar-refractivity contribution in [1.29, 1.82) is 0 Å². The van der Waals surface area contributed by atoms with E-state index in [2.05, 4.69) is 5.32 Å². The predicted octanol–water partition coefficient (Wildman–Crippen LogP) is 0.580. The van der Waals surface area contributed by atoms with Gasteiger partial charge in [0.1, 0.15) is 0 Å². The van der Waals surface area contributed by atoms with Crippen molar-refractivity contribution < 1.29 is 19.6 Å². The number of hydrogen-bond acceptors (Lipinski definition) is 5. The molecule has 0 atom stereocenters. The molecule has 1 aromatic carbocycles. The van der Waals surface area contributed by atoms with Crippen LogP contribution in [0, 0.1) is 10.1 Å². The van der Waals surface area contributed by atoms with Gasteiger partial charge in [0.15, 0.2) is 0 Å². The van der Waals surface area contributed by atoms with E-state index in [1.807, 2.05) is 0 Å². The van der Waals surface area contributed by atoms with E-state index < -0.39 is 16.8 Å². The maximum Gasteiger partial charge on any atom is 0.305 e. The number of amides is 1. The summed E-state index contributed by atoms with van der Waals surface area (Å²) in [5.74, 6) is -1.82. The largest absolute Gasteiger partial charge is 0.481 e. The van der Waals surface area contributed by atoms with Crippen molar-refractivity contribution in [3.63, 3.8) is 0 Å². The zero-order valence-electron chi connectivity index (χ0n) is 9.25. The zero-order valence-corrected chi connectivity index (χ0v) is 9.25. The van der Waals surface area contributed by atoms with Gasteiger partial charge in [0.25, 0.3) is 11.6 Å². The number of nitrogens with one attached hydrogen (secondary N) is 1. The summed E-state index contributed by atoms with van der Waals surface area (Å²) >= 11 is 0. The number of carbonyl (C=O) groups excluding carboxylic acids is 1. The molecule has 0 saturated carbocycles. The van der Waals surface area contributed by atoms with Gasteiger partial charge in [0.2, 0.25) is 0 Å². The van der Waals surface area contributed by atoms with Gasteiger partial charge in [-0.3, -0.25) is 19.7 Å². The number of anilines is 1. The number of carboxylic acids is 1. The lowest BCUT2D eigenvalue weighted by atomic mass is 10.1. The number of benzene rings is 1. The minimum absolute atomic E-state index is 0.0467. The molecule has 0 heterocycles. The van der Waals surface area contributed by atoms with E-state index in [0.29, 0.717) is 0 Å². The van der Waals surface area contributed by atoms with Crippen molar-refractivity contribution >= 4 is 23.3 Å². The number of non-ortho nitro benzene ring substituents is 1. The van der Waals surface area contributed by atoms with Gasteiger partial charge in [-0.05, 0) is 6.07 Å². The number of carboxylic acid groups (broad SMARTS) is 1. The quantitative estimate of drug-likeness (QED) is 0.501. The molecule has 18 heavy (non-hydrogen) atoms. The van der Waals surface area contributed by atoms with Crippen LogP contribution in [0.15, 0.2) is 18.2 Å². The van der Waals surface area contributed by atoms with Crippen LogP contribution in [0.5, 0.6) is 0 Å². The Labute approximate surface area is 102 Å². The molecule has 96 valence electrons. The Bertz CT molecular complexity index is 500. The van der Waals surface area contributed by atoms with Crippen LogP contribution in [0.2, 0.25) is 0 Å². The fourth-order valence-corrected chi connectivity index (χ4v) is 1.31. The molecular formula is C10H11N3O5. The molecule has 8 heteroatoms. The van der Waals surface area contributed by atoms with E-state index in [1.54, 1.807) is 0 Å². The first kappa shape index (κ1) is 13.4. The maximum atomic E-state index is 11.1. The monoisotopic (exact) mass is 253 g/mol. The number of nitro groups is 1. The van der Waals surface area contributed by atoms with Gasteiger partial charge in [-0.2, -0.15) is 0 Å². The average Bonchev–Trinajstić information content (AvgIpc) is 2.28. The van der Waals surface area contributed by atoms with Crippen LogP contribution in [-0.2, 0) is 4.79 Å². The Hall–Kier alpha value is -2.64. The second-order valence-electron chi connectivity index (χ2n) is 3.42. The highest BCUT2D eigenvalue weighted by Crippen LogP contribution is 2.21. The fraction of sp³-hybridized carbons (Fsp3) is 0.200. The minimum Gasteiger partial charge on any atom is -0.481 e. The van der Waals surface area contributed by atoms with Crippen LogP contribution in [0.1, 0.15) is 16.8 Å². The van der Waals surface area contributed by atoms with Crippen LogP contribution in [0.25, 0.3) is 0 Å². The van der Waals surface area contributed by atoms with Gasteiger partial charge in [-0.25, -0.2) is 0 Å². The van der Waals surface area contributed by atoms with Crippen LogP contribution in [-0.4, -0.2) is 28.5 Å². The number of rotatable bonds is 6. The molecule has 0 saturated heterocycles. The molecule has 0 aliphatic rings. The van der Waals surface area contributed by atoms with Crippen LogP contribution in [0.3, 0.4) is 0 Å². The summed E-state index contributed by atoms with van der Waals surface area (Å²) in [5.41, 5.74) is 5.07. The van der Waals surface area contributed by atoms with E-state index >= 15 is 0 Å². The summed E-state index contributed by atoms with van der Waals surface area (Å²) in [7, 11) is 0. The van der Waals surface area contributed by atoms with E-state index in [4.69, 9.17) is 10.8 Å². The first-order chi connectivity index (χ1) is 8.41.